The first kappa shape index (κ1) is 34.0. The van der Waals surface area contributed by atoms with E-state index in [-0.39, 0.29) is 10.6 Å². The van der Waals surface area contributed by atoms with Crippen molar-refractivity contribution in [2.24, 2.45) is 5.14 Å². The fraction of sp³-hybridized carbons (Fsp3) is 0.270. The Bertz CT molecular complexity index is 1870. The monoisotopic (exact) mass is 658 g/mol. The van der Waals surface area contributed by atoms with Crippen LogP contribution < -0.4 is 9.88 Å². The highest BCUT2D eigenvalue weighted by Gasteiger charge is 2.23. The molecule has 1 aromatic heterocycles. The van der Waals surface area contributed by atoms with E-state index in [2.05, 4.69) is 40.7 Å². The summed E-state index contributed by atoms with van der Waals surface area (Å²) in [6, 6.07) is 30.6. The molecule has 0 atom stereocenters. The van der Waals surface area contributed by atoms with Gasteiger partial charge in [-0.3, -0.25) is 4.90 Å². The Morgan fingerprint density at radius 3 is 1.96 bits per heavy atom. The minimum Gasteiger partial charge on any atom is -0.434 e. The Morgan fingerprint density at radius 1 is 0.830 bits per heavy atom. The molecule has 0 bridgehead atoms. The highest BCUT2D eigenvalue weighted by atomic mass is 32.2. The van der Waals surface area contributed by atoms with Crippen molar-refractivity contribution >= 4 is 10.0 Å². The highest BCUT2D eigenvalue weighted by molar-refractivity contribution is 7.89. The summed E-state index contributed by atoms with van der Waals surface area (Å²) in [6.07, 6.45) is 1.98. The van der Waals surface area contributed by atoms with E-state index in [0.29, 0.717) is 30.8 Å². The Labute approximate surface area is 275 Å². The van der Waals surface area contributed by atoms with Gasteiger partial charge in [-0.15, -0.1) is 0 Å². The van der Waals surface area contributed by atoms with Crippen LogP contribution in [0.2, 0.25) is 0 Å². The number of nitrogens with two attached hydrogens (primary N) is 1. The average molecular weight is 659 g/mol. The van der Waals surface area contributed by atoms with Crippen LogP contribution in [0.1, 0.15) is 47.7 Å². The smallest absolute Gasteiger partial charge is 0.387 e. The molecule has 0 unspecified atom stereocenters. The molecular formula is C37H40F2N4O3S. The normalized spacial score (nSPS) is 11.8. The number of aromatic nitrogens is 2. The largest absolute Gasteiger partial charge is 0.434 e. The van der Waals surface area contributed by atoms with Crippen LogP contribution >= 0.6 is 0 Å². The molecule has 5 aromatic rings. The lowest BCUT2D eigenvalue weighted by Crippen LogP contribution is -2.25. The number of rotatable bonds is 14. The fourth-order valence-corrected chi connectivity index (χ4v) is 6.44. The predicted octanol–water partition coefficient (Wildman–Crippen LogP) is 8.09. The minimum absolute atomic E-state index is 0.0465. The summed E-state index contributed by atoms with van der Waals surface area (Å²) in [4.78, 5) is 7.55. The molecule has 5 rings (SSSR count). The number of aryl methyl sites for hydroxylation is 2. The van der Waals surface area contributed by atoms with Crippen LogP contribution in [-0.4, -0.2) is 29.5 Å². The van der Waals surface area contributed by atoms with Crippen LogP contribution in [0, 0.1) is 13.8 Å². The number of alkyl halides is 2. The Balaban J connectivity index is 1.61. The molecule has 47 heavy (non-hydrogen) atoms. The van der Waals surface area contributed by atoms with E-state index in [1.165, 1.54) is 12.1 Å². The zero-order chi connectivity index (χ0) is 33.6. The molecule has 2 N–H and O–H groups in total. The lowest BCUT2D eigenvalue weighted by Gasteiger charge is -2.25. The molecule has 0 amide bonds. The number of hydrogen-bond acceptors (Lipinski definition) is 5. The molecule has 7 nitrogen and oxygen atoms in total. The summed E-state index contributed by atoms with van der Waals surface area (Å²) >= 11 is 0. The van der Waals surface area contributed by atoms with E-state index in [1.54, 1.807) is 26.0 Å². The third kappa shape index (κ3) is 8.51. The molecule has 0 radical (unpaired) electrons. The lowest BCUT2D eigenvalue weighted by molar-refractivity contribution is -0.0507. The van der Waals surface area contributed by atoms with Crippen molar-refractivity contribution in [2.75, 3.05) is 0 Å². The van der Waals surface area contributed by atoms with Crippen molar-refractivity contribution < 1.29 is 21.9 Å². The van der Waals surface area contributed by atoms with E-state index in [4.69, 9.17) is 14.9 Å². The quantitative estimate of drug-likeness (QED) is 0.130. The first-order chi connectivity index (χ1) is 22.5. The van der Waals surface area contributed by atoms with Crippen molar-refractivity contribution in [3.63, 3.8) is 0 Å². The van der Waals surface area contributed by atoms with Gasteiger partial charge >= 0.3 is 6.61 Å². The van der Waals surface area contributed by atoms with Crippen LogP contribution in [0.5, 0.6) is 5.75 Å². The van der Waals surface area contributed by atoms with Gasteiger partial charge in [0.05, 0.1) is 16.3 Å². The molecule has 0 fully saturated rings. The van der Waals surface area contributed by atoms with Gasteiger partial charge in [0, 0.05) is 37.3 Å². The maximum absolute atomic E-state index is 13.1. The van der Waals surface area contributed by atoms with Gasteiger partial charge in [-0.1, -0.05) is 98.3 Å². The molecule has 0 aliphatic heterocycles. The van der Waals surface area contributed by atoms with Gasteiger partial charge in [-0.25, -0.2) is 18.5 Å². The number of unbranched alkanes of at least 4 members (excludes halogenated alkanes) is 1. The van der Waals surface area contributed by atoms with E-state index in [0.717, 1.165) is 58.9 Å². The molecular weight excluding hydrogens is 618 g/mol. The van der Waals surface area contributed by atoms with Crippen molar-refractivity contribution in [3.05, 3.63) is 125 Å². The van der Waals surface area contributed by atoms with Crippen LogP contribution in [0.4, 0.5) is 8.78 Å². The summed E-state index contributed by atoms with van der Waals surface area (Å²) < 4.78 is 57.2. The van der Waals surface area contributed by atoms with E-state index in [9.17, 15) is 17.2 Å². The Kier molecular flexibility index (Phi) is 10.9. The molecule has 0 aliphatic carbocycles. The number of primary sulfonamides is 1. The van der Waals surface area contributed by atoms with Crippen LogP contribution in [0.3, 0.4) is 0 Å². The second-order valence-electron chi connectivity index (χ2n) is 11.7. The minimum atomic E-state index is -3.83. The van der Waals surface area contributed by atoms with Gasteiger partial charge in [0.1, 0.15) is 11.6 Å². The van der Waals surface area contributed by atoms with Crippen LogP contribution in [0.25, 0.3) is 22.6 Å². The summed E-state index contributed by atoms with van der Waals surface area (Å²) in [6.45, 7) is 5.05. The van der Waals surface area contributed by atoms with Crippen molar-refractivity contribution in [3.8, 4) is 28.4 Å². The highest BCUT2D eigenvalue weighted by Crippen LogP contribution is 2.33. The first-order valence-corrected chi connectivity index (χ1v) is 17.2. The van der Waals surface area contributed by atoms with Crippen LogP contribution in [-0.2, 0) is 36.2 Å². The van der Waals surface area contributed by atoms with Crippen molar-refractivity contribution in [1.29, 1.82) is 0 Å². The fourth-order valence-electron chi connectivity index (χ4n) is 5.93. The average Bonchev–Trinajstić information content (AvgIpc) is 3.40. The Morgan fingerprint density at radius 2 is 1.40 bits per heavy atom. The standard InChI is InChI=1S/C37H40F2N4O3S/c1-4-5-20-43-33(34(30-12-8-6-9-13-30)41-36(43)31-14-10-7-11-15-31)25-42(23-28-16-18-32(19-17-28)47(40,44)45)24-29-21-26(2)35(27(3)22-29)46-37(38)39/h6-19,21-22,37H,4-5,20,23-25H2,1-3H3,(H2,40,44,45). The first-order valence-electron chi connectivity index (χ1n) is 15.6. The SMILES string of the molecule is CCCCn1c(-c2ccccc2)nc(-c2ccccc2)c1CN(Cc1ccc(S(N)(=O)=O)cc1)Cc1cc(C)c(OC(F)F)c(C)c1. The maximum atomic E-state index is 13.1. The zero-order valence-electron chi connectivity index (χ0n) is 26.9. The van der Waals surface area contributed by atoms with Gasteiger partial charge in [-0.05, 0) is 54.7 Å². The predicted molar refractivity (Wildman–Crippen MR) is 181 cm³/mol. The summed E-state index contributed by atoms with van der Waals surface area (Å²) in [5.41, 5.74) is 7.06. The number of imidazole rings is 1. The molecule has 4 aromatic carbocycles. The number of benzene rings is 4. The maximum Gasteiger partial charge on any atom is 0.387 e. The summed E-state index contributed by atoms with van der Waals surface area (Å²) in [7, 11) is -3.83. The zero-order valence-corrected chi connectivity index (χ0v) is 27.7. The molecule has 0 spiro atoms. The second-order valence-corrected chi connectivity index (χ2v) is 13.3. The summed E-state index contributed by atoms with van der Waals surface area (Å²) in [5.74, 6) is 1.08. The number of sulfonamides is 1. The molecule has 0 aliphatic rings. The third-order valence-corrected chi connectivity index (χ3v) is 8.98. The third-order valence-electron chi connectivity index (χ3n) is 8.05. The molecule has 246 valence electrons. The number of halogens is 2. The Hall–Kier alpha value is -4.38. The van der Waals surface area contributed by atoms with Gasteiger partial charge in [-0.2, -0.15) is 8.78 Å². The van der Waals surface area contributed by atoms with Crippen molar-refractivity contribution in [1.82, 2.24) is 14.5 Å². The van der Waals surface area contributed by atoms with E-state index < -0.39 is 16.6 Å². The van der Waals surface area contributed by atoms with Gasteiger partial charge < -0.3 is 9.30 Å². The molecule has 0 saturated heterocycles. The van der Waals surface area contributed by atoms with E-state index >= 15 is 0 Å². The van der Waals surface area contributed by atoms with Gasteiger partial charge in [0.2, 0.25) is 10.0 Å². The second kappa shape index (κ2) is 15.0. The van der Waals surface area contributed by atoms with E-state index in [1.807, 2.05) is 48.5 Å². The van der Waals surface area contributed by atoms with Gasteiger partial charge in [0.25, 0.3) is 0 Å². The van der Waals surface area contributed by atoms with Crippen LogP contribution in [0.15, 0.2) is 102 Å². The number of nitrogens with zero attached hydrogens (tertiary/aromatic N) is 3. The topological polar surface area (TPSA) is 90.5 Å². The number of hydrogen-bond donors (Lipinski definition) is 1. The van der Waals surface area contributed by atoms with Gasteiger partial charge in [0.15, 0.2) is 0 Å². The van der Waals surface area contributed by atoms with Crippen molar-refractivity contribution in [2.45, 2.75) is 71.3 Å². The molecule has 1 heterocycles. The molecule has 10 heteroatoms. The lowest BCUT2D eigenvalue weighted by atomic mass is 10.0. The molecule has 0 saturated carbocycles. The summed E-state index contributed by atoms with van der Waals surface area (Å²) in [5, 5.41) is 5.36. The number of ether oxygens (including phenoxy) is 1.